The van der Waals surface area contributed by atoms with Crippen LogP contribution in [-0.2, 0) is 4.79 Å². The maximum atomic E-state index is 11.1. The van der Waals surface area contributed by atoms with E-state index in [0.717, 1.165) is 28.4 Å². The molecule has 1 unspecified atom stereocenters. The van der Waals surface area contributed by atoms with Gasteiger partial charge in [0.05, 0.1) is 5.92 Å². The summed E-state index contributed by atoms with van der Waals surface area (Å²) < 4.78 is 1.09. The van der Waals surface area contributed by atoms with E-state index in [1.807, 2.05) is 24.3 Å². The zero-order chi connectivity index (χ0) is 11.3. The highest BCUT2D eigenvalue weighted by atomic mass is 127. The van der Waals surface area contributed by atoms with Crippen LogP contribution in [0.4, 0.5) is 0 Å². The number of hydrogen-bond donors (Lipinski definition) is 1. The average Bonchev–Trinajstić information content (AvgIpc) is 2.18. The minimum absolute atomic E-state index is 0.348. The van der Waals surface area contributed by atoms with E-state index in [9.17, 15) is 4.79 Å². The molecule has 0 spiro atoms. The molecule has 3 heteroatoms. The molecule has 0 aromatic heterocycles. The third kappa shape index (κ3) is 3.81. The van der Waals surface area contributed by atoms with Crippen molar-refractivity contribution in [1.82, 2.24) is 0 Å². The number of benzene rings is 1. The van der Waals surface area contributed by atoms with Gasteiger partial charge >= 0.3 is 5.97 Å². The van der Waals surface area contributed by atoms with Crippen molar-refractivity contribution in [2.24, 2.45) is 0 Å². The number of aliphatic carboxylic acids is 1. The van der Waals surface area contributed by atoms with Gasteiger partial charge in [0.25, 0.3) is 0 Å². The number of hydrogen-bond acceptors (Lipinski definition) is 1. The van der Waals surface area contributed by atoms with Crippen molar-refractivity contribution < 1.29 is 9.90 Å². The van der Waals surface area contributed by atoms with Crippen LogP contribution in [0.3, 0.4) is 0 Å². The molecule has 0 saturated carbocycles. The van der Waals surface area contributed by atoms with E-state index >= 15 is 0 Å². The summed E-state index contributed by atoms with van der Waals surface area (Å²) in [7, 11) is 0. The molecule has 0 amide bonds. The van der Waals surface area contributed by atoms with E-state index in [1.54, 1.807) is 0 Å². The molecule has 0 heterocycles. The smallest absolute Gasteiger partial charge is 0.310 e. The lowest BCUT2D eigenvalue weighted by molar-refractivity contribution is -0.139. The third-order valence-electron chi connectivity index (χ3n) is 2.40. The molecule has 82 valence electrons. The van der Waals surface area contributed by atoms with Crippen LogP contribution in [-0.4, -0.2) is 11.1 Å². The van der Waals surface area contributed by atoms with Gasteiger partial charge in [0, 0.05) is 3.57 Å². The van der Waals surface area contributed by atoms with Crippen LogP contribution in [0, 0.1) is 3.57 Å². The molecule has 0 bridgehead atoms. The molecule has 1 N–H and O–H groups in total. The van der Waals surface area contributed by atoms with Crippen LogP contribution >= 0.6 is 22.6 Å². The maximum absolute atomic E-state index is 11.1. The van der Waals surface area contributed by atoms with Crippen molar-refractivity contribution in [3.63, 3.8) is 0 Å². The monoisotopic (exact) mass is 318 g/mol. The molecule has 0 aliphatic carbocycles. The molecule has 0 radical (unpaired) electrons. The molecule has 0 aliphatic heterocycles. The van der Waals surface area contributed by atoms with Gasteiger partial charge in [0.15, 0.2) is 0 Å². The maximum Gasteiger partial charge on any atom is 0.310 e. The Balaban J connectivity index is 2.84. The molecule has 15 heavy (non-hydrogen) atoms. The molecular formula is C12H15IO2. The molecule has 1 aromatic rings. The number of carbonyl (C=O) groups is 1. The normalized spacial score (nSPS) is 12.4. The Morgan fingerprint density at radius 3 is 2.80 bits per heavy atom. The van der Waals surface area contributed by atoms with E-state index in [-0.39, 0.29) is 5.92 Å². The first-order chi connectivity index (χ1) is 7.15. The first kappa shape index (κ1) is 12.5. The van der Waals surface area contributed by atoms with Crippen LogP contribution in [0.25, 0.3) is 0 Å². The largest absolute Gasteiger partial charge is 0.481 e. The predicted molar refractivity (Wildman–Crippen MR) is 69.1 cm³/mol. The van der Waals surface area contributed by atoms with Crippen LogP contribution < -0.4 is 0 Å². The molecule has 0 saturated heterocycles. The second kappa shape index (κ2) is 6.10. The molecule has 1 atom stereocenters. The summed E-state index contributed by atoms with van der Waals surface area (Å²) in [6.07, 6.45) is 2.72. The van der Waals surface area contributed by atoms with Gasteiger partial charge in [0.1, 0.15) is 0 Å². The fourth-order valence-electron chi connectivity index (χ4n) is 1.56. The second-order valence-electron chi connectivity index (χ2n) is 3.59. The van der Waals surface area contributed by atoms with Crippen molar-refractivity contribution >= 4 is 28.6 Å². The summed E-state index contributed by atoms with van der Waals surface area (Å²) in [6.45, 7) is 2.08. The van der Waals surface area contributed by atoms with Crippen molar-refractivity contribution in [3.8, 4) is 0 Å². The van der Waals surface area contributed by atoms with Crippen LogP contribution in [0.2, 0.25) is 0 Å². The molecule has 0 aliphatic rings. The predicted octanol–water partition coefficient (Wildman–Crippen LogP) is 3.65. The highest BCUT2D eigenvalue weighted by Crippen LogP contribution is 2.23. The Labute approximate surface area is 104 Å². The summed E-state index contributed by atoms with van der Waals surface area (Å²) in [5.41, 5.74) is 0.919. The number of halogens is 1. The molecular weight excluding hydrogens is 303 g/mol. The highest BCUT2D eigenvalue weighted by Gasteiger charge is 2.18. The summed E-state index contributed by atoms with van der Waals surface area (Å²) in [5.74, 6) is -1.06. The Hall–Kier alpha value is -0.580. The summed E-state index contributed by atoms with van der Waals surface area (Å²) >= 11 is 2.21. The van der Waals surface area contributed by atoms with E-state index < -0.39 is 5.97 Å². The summed E-state index contributed by atoms with van der Waals surface area (Å²) in [6, 6.07) is 7.74. The van der Waals surface area contributed by atoms with Crippen molar-refractivity contribution in [2.45, 2.75) is 32.1 Å². The lowest BCUT2D eigenvalue weighted by Crippen LogP contribution is -2.11. The molecule has 0 fully saturated rings. The number of unbranched alkanes of at least 4 members (excludes halogenated alkanes) is 1. The topological polar surface area (TPSA) is 37.3 Å². The minimum atomic E-state index is -0.717. The Kier molecular flexibility index (Phi) is 5.08. The summed E-state index contributed by atoms with van der Waals surface area (Å²) in [5, 5.41) is 9.14. The zero-order valence-corrected chi connectivity index (χ0v) is 10.9. The van der Waals surface area contributed by atoms with Gasteiger partial charge in [-0.25, -0.2) is 0 Å². The fourth-order valence-corrected chi connectivity index (χ4v) is 2.13. The van der Waals surface area contributed by atoms with Crippen molar-refractivity contribution in [1.29, 1.82) is 0 Å². The van der Waals surface area contributed by atoms with Crippen LogP contribution in [0.5, 0.6) is 0 Å². The van der Waals surface area contributed by atoms with E-state index in [4.69, 9.17) is 5.11 Å². The van der Waals surface area contributed by atoms with Crippen LogP contribution in [0.1, 0.15) is 37.7 Å². The van der Waals surface area contributed by atoms with Gasteiger partial charge in [-0.3, -0.25) is 4.79 Å². The van der Waals surface area contributed by atoms with Gasteiger partial charge in [0.2, 0.25) is 0 Å². The lowest BCUT2D eigenvalue weighted by Gasteiger charge is -2.12. The SMILES string of the molecule is CCCCC(C(=O)O)c1cccc(I)c1. The molecule has 1 aromatic carbocycles. The van der Waals surface area contributed by atoms with E-state index in [2.05, 4.69) is 29.5 Å². The standard InChI is InChI=1S/C12H15IO2/c1-2-3-7-11(12(14)15)9-5-4-6-10(13)8-9/h4-6,8,11H,2-3,7H2,1H3,(H,14,15). The number of carboxylic acid groups (broad SMARTS) is 1. The van der Waals surface area contributed by atoms with Gasteiger partial charge in [-0.15, -0.1) is 0 Å². The third-order valence-corrected chi connectivity index (χ3v) is 3.07. The van der Waals surface area contributed by atoms with Crippen molar-refractivity contribution in [2.75, 3.05) is 0 Å². The van der Waals surface area contributed by atoms with Gasteiger partial charge in [-0.1, -0.05) is 31.9 Å². The average molecular weight is 318 g/mol. The van der Waals surface area contributed by atoms with Gasteiger partial charge < -0.3 is 5.11 Å². The van der Waals surface area contributed by atoms with Gasteiger partial charge in [-0.2, -0.15) is 0 Å². The fraction of sp³-hybridized carbons (Fsp3) is 0.417. The zero-order valence-electron chi connectivity index (χ0n) is 8.74. The molecule has 2 nitrogen and oxygen atoms in total. The second-order valence-corrected chi connectivity index (χ2v) is 4.83. The number of carboxylic acids is 1. The first-order valence-corrected chi connectivity index (χ1v) is 6.21. The van der Waals surface area contributed by atoms with E-state index in [1.165, 1.54) is 0 Å². The Morgan fingerprint density at radius 1 is 1.53 bits per heavy atom. The highest BCUT2D eigenvalue weighted by molar-refractivity contribution is 14.1. The number of rotatable bonds is 5. The van der Waals surface area contributed by atoms with Gasteiger partial charge in [-0.05, 0) is 46.7 Å². The Morgan fingerprint density at radius 2 is 2.27 bits per heavy atom. The first-order valence-electron chi connectivity index (χ1n) is 5.13. The quantitative estimate of drug-likeness (QED) is 0.842. The van der Waals surface area contributed by atoms with Crippen molar-refractivity contribution in [3.05, 3.63) is 33.4 Å². The Bertz CT molecular complexity index is 336. The van der Waals surface area contributed by atoms with E-state index in [0.29, 0.717) is 0 Å². The summed E-state index contributed by atoms with van der Waals surface area (Å²) in [4.78, 5) is 11.1. The minimum Gasteiger partial charge on any atom is -0.481 e. The van der Waals surface area contributed by atoms with Crippen LogP contribution in [0.15, 0.2) is 24.3 Å². The lowest BCUT2D eigenvalue weighted by atomic mass is 9.94. The molecule has 1 rings (SSSR count).